The summed E-state index contributed by atoms with van der Waals surface area (Å²) in [5, 5.41) is 13.7. The number of nitriles is 1. The highest BCUT2D eigenvalue weighted by molar-refractivity contribution is 6.74. The third-order valence-corrected chi connectivity index (χ3v) is 13.8. The second-order valence-electron chi connectivity index (χ2n) is 16.3. The molecule has 0 saturated carbocycles. The van der Waals surface area contributed by atoms with Gasteiger partial charge in [0.05, 0.1) is 43.0 Å². The Labute approximate surface area is 290 Å². The minimum Gasteiger partial charge on any atom is -0.475 e. The zero-order chi connectivity index (χ0) is 36.0. The molecule has 1 N–H and O–H groups in total. The summed E-state index contributed by atoms with van der Waals surface area (Å²) in [6.45, 7) is 24.9. The third kappa shape index (κ3) is 7.87. The van der Waals surface area contributed by atoms with Gasteiger partial charge in [-0.3, -0.25) is 4.90 Å². The lowest BCUT2D eigenvalue weighted by Gasteiger charge is -2.39. The lowest BCUT2D eigenvalue weighted by molar-refractivity contribution is -0.120. The first-order chi connectivity index (χ1) is 22.7. The standard InChI is InChI=1S/C36H49N7O5Si/c1-23-39-17-28(30(40-23)46-21-35(8)19-45-20-35)42-31-38-13-12-27(41-31)24-14-25(16-37)29-26(15-24)36(9,22-47-49(10,11)34(5,6)7)18-43(29)32(44)48-33(2,3)4/h12-15,17H,18-22H2,1-11H3,(H,38,41,42)/t36-/m1/s1. The molecule has 0 spiro atoms. The number of hydrogen-bond donors (Lipinski definition) is 1. The molecule has 4 heterocycles. The van der Waals surface area contributed by atoms with Crippen molar-refractivity contribution in [2.45, 2.75) is 91.5 Å². The van der Waals surface area contributed by atoms with Gasteiger partial charge in [0.15, 0.2) is 8.32 Å². The molecule has 2 aliphatic rings. The van der Waals surface area contributed by atoms with Crippen LogP contribution in [0.5, 0.6) is 5.88 Å². The molecule has 1 fully saturated rings. The molecule has 1 atom stereocenters. The van der Waals surface area contributed by atoms with Crippen LogP contribution in [-0.2, 0) is 19.3 Å². The molecule has 2 aliphatic heterocycles. The van der Waals surface area contributed by atoms with Gasteiger partial charge in [0.1, 0.15) is 23.2 Å². The van der Waals surface area contributed by atoms with Crippen molar-refractivity contribution in [3.63, 3.8) is 0 Å². The van der Waals surface area contributed by atoms with E-state index in [1.54, 1.807) is 36.4 Å². The van der Waals surface area contributed by atoms with Crippen molar-refractivity contribution in [2.24, 2.45) is 5.41 Å². The molecule has 0 aliphatic carbocycles. The summed E-state index contributed by atoms with van der Waals surface area (Å²) in [7, 11) is -2.15. The number of rotatable bonds is 9. The Hall–Kier alpha value is -4.12. The first-order valence-electron chi connectivity index (χ1n) is 16.6. The van der Waals surface area contributed by atoms with E-state index in [2.05, 4.69) is 74.1 Å². The smallest absolute Gasteiger partial charge is 0.414 e. The van der Waals surface area contributed by atoms with Crippen LogP contribution in [0.2, 0.25) is 18.1 Å². The first kappa shape index (κ1) is 36.2. The maximum absolute atomic E-state index is 13.6. The molecule has 1 aromatic carbocycles. The van der Waals surface area contributed by atoms with Crippen LogP contribution < -0.4 is 15.0 Å². The number of nitrogens with zero attached hydrogens (tertiary/aromatic N) is 6. The molecular formula is C36H49N7O5Si. The number of fused-ring (bicyclic) bond motifs is 1. The monoisotopic (exact) mass is 687 g/mol. The Balaban J connectivity index is 1.51. The van der Waals surface area contributed by atoms with Gasteiger partial charge >= 0.3 is 6.09 Å². The summed E-state index contributed by atoms with van der Waals surface area (Å²) < 4.78 is 24.0. The molecule has 0 unspecified atom stereocenters. The minimum atomic E-state index is -2.15. The number of ether oxygens (including phenoxy) is 3. The SMILES string of the molecule is Cc1ncc(Nc2nccc(-c3cc(C#N)c4c(c3)[C@@](C)(CO[Si](C)(C)C(C)(C)C)CN4C(=O)OC(C)(C)C)n2)c(OCC2(C)COC2)n1. The molecule has 49 heavy (non-hydrogen) atoms. The number of aromatic nitrogens is 4. The summed E-state index contributed by atoms with van der Waals surface area (Å²) in [5.41, 5.74) is 2.15. The lowest BCUT2D eigenvalue weighted by Crippen LogP contribution is -2.46. The average molecular weight is 688 g/mol. The van der Waals surface area contributed by atoms with Crippen molar-refractivity contribution in [3.05, 3.63) is 47.5 Å². The van der Waals surface area contributed by atoms with E-state index in [-0.39, 0.29) is 10.5 Å². The van der Waals surface area contributed by atoms with Gasteiger partial charge in [-0.05, 0) is 69.6 Å². The van der Waals surface area contributed by atoms with Crippen LogP contribution in [0.1, 0.15) is 72.3 Å². The van der Waals surface area contributed by atoms with E-state index < -0.39 is 25.4 Å². The van der Waals surface area contributed by atoms with Gasteiger partial charge in [-0.25, -0.2) is 19.7 Å². The normalized spacial score (nSPS) is 18.7. The highest BCUT2D eigenvalue weighted by Gasteiger charge is 2.47. The van der Waals surface area contributed by atoms with Gasteiger partial charge in [-0.15, -0.1) is 0 Å². The summed E-state index contributed by atoms with van der Waals surface area (Å²) >= 11 is 0. The van der Waals surface area contributed by atoms with Crippen LogP contribution in [0, 0.1) is 23.7 Å². The molecule has 262 valence electrons. The number of aryl methyl sites for hydroxylation is 1. The number of benzene rings is 1. The number of hydrogen-bond acceptors (Lipinski definition) is 11. The maximum atomic E-state index is 13.6. The Morgan fingerprint density at radius 1 is 1.10 bits per heavy atom. The molecule has 0 radical (unpaired) electrons. The number of carbonyl (C=O) groups is 1. The molecule has 12 nitrogen and oxygen atoms in total. The van der Waals surface area contributed by atoms with Gasteiger partial charge in [0.2, 0.25) is 11.8 Å². The number of carbonyl (C=O) groups excluding carboxylic acids is 1. The summed E-state index contributed by atoms with van der Waals surface area (Å²) in [5.74, 6) is 1.29. The lowest BCUT2D eigenvalue weighted by atomic mass is 9.83. The van der Waals surface area contributed by atoms with Crippen LogP contribution in [0.15, 0.2) is 30.6 Å². The van der Waals surface area contributed by atoms with E-state index in [0.717, 1.165) is 5.56 Å². The highest BCUT2D eigenvalue weighted by atomic mass is 28.4. The van der Waals surface area contributed by atoms with Crippen molar-refractivity contribution in [2.75, 3.05) is 43.2 Å². The first-order valence-corrected chi connectivity index (χ1v) is 19.5. The van der Waals surface area contributed by atoms with Crippen molar-refractivity contribution >= 4 is 31.7 Å². The molecule has 2 aromatic heterocycles. The van der Waals surface area contributed by atoms with Crippen molar-refractivity contribution in [1.29, 1.82) is 5.26 Å². The van der Waals surface area contributed by atoms with E-state index in [4.69, 9.17) is 23.6 Å². The Kier molecular flexibility index (Phi) is 9.57. The second-order valence-corrected chi connectivity index (χ2v) is 21.1. The quantitative estimate of drug-likeness (QED) is 0.226. The van der Waals surface area contributed by atoms with Crippen molar-refractivity contribution in [1.82, 2.24) is 19.9 Å². The zero-order valence-corrected chi connectivity index (χ0v) is 31.6. The van der Waals surface area contributed by atoms with Gasteiger partial charge in [0, 0.05) is 35.7 Å². The summed E-state index contributed by atoms with van der Waals surface area (Å²) in [6.07, 6.45) is 2.80. The average Bonchev–Trinajstić information content (AvgIpc) is 3.30. The second kappa shape index (κ2) is 13.0. The highest BCUT2D eigenvalue weighted by Crippen LogP contribution is 2.47. The van der Waals surface area contributed by atoms with E-state index >= 15 is 0 Å². The molecule has 3 aromatic rings. The van der Waals surface area contributed by atoms with Crippen molar-refractivity contribution < 1.29 is 23.4 Å². The largest absolute Gasteiger partial charge is 0.475 e. The predicted octanol–water partition coefficient (Wildman–Crippen LogP) is 7.31. The topological polar surface area (TPSA) is 145 Å². The molecule has 13 heteroatoms. The zero-order valence-electron chi connectivity index (χ0n) is 30.6. The Morgan fingerprint density at radius 2 is 1.82 bits per heavy atom. The van der Waals surface area contributed by atoms with Crippen molar-refractivity contribution in [3.8, 4) is 23.2 Å². The minimum absolute atomic E-state index is 0.00334. The summed E-state index contributed by atoms with van der Waals surface area (Å²) in [4.78, 5) is 33.3. The third-order valence-electron chi connectivity index (χ3n) is 9.36. The molecule has 5 rings (SSSR count). The number of anilines is 3. The fraction of sp³-hybridized carbons (Fsp3) is 0.556. The van der Waals surface area contributed by atoms with Crippen LogP contribution in [0.25, 0.3) is 11.3 Å². The van der Waals surface area contributed by atoms with E-state index in [1.807, 2.05) is 26.8 Å². The van der Waals surface area contributed by atoms with Gasteiger partial charge < -0.3 is 24.0 Å². The molecular weight excluding hydrogens is 639 g/mol. The fourth-order valence-corrected chi connectivity index (χ4v) is 6.52. The maximum Gasteiger partial charge on any atom is 0.414 e. The van der Waals surface area contributed by atoms with Gasteiger partial charge in [-0.2, -0.15) is 10.2 Å². The van der Waals surface area contributed by atoms with E-state index in [0.29, 0.717) is 78.8 Å². The van der Waals surface area contributed by atoms with E-state index in [9.17, 15) is 10.1 Å². The Morgan fingerprint density at radius 3 is 2.43 bits per heavy atom. The number of nitrogens with one attached hydrogen (secondary N) is 1. The van der Waals surface area contributed by atoms with Gasteiger partial charge in [-0.1, -0.05) is 34.6 Å². The number of amides is 1. The van der Waals surface area contributed by atoms with Crippen LogP contribution in [0.3, 0.4) is 0 Å². The van der Waals surface area contributed by atoms with Crippen LogP contribution in [0.4, 0.5) is 22.1 Å². The predicted molar refractivity (Wildman–Crippen MR) is 191 cm³/mol. The summed E-state index contributed by atoms with van der Waals surface area (Å²) in [6, 6.07) is 7.89. The molecule has 0 bridgehead atoms. The van der Waals surface area contributed by atoms with Gasteiger partial charge in [0.25, 0.3) is 0 Å². The van der Waals surface area contributed by atoms with Crippen LogP contribution in [-0.4, -0.2) is 72.9 Å². The fourth-order valence-electron chi connectivity index (χ4n) is 5.41. The Bertz CT molecular complexity index is 1770. The molecule has 1 saturated heterocycles. The van der Waals surface area contributed by atoms with E-state index in [1.165, 1.54) is 0 Å². The van der Waals surface area contributed by atoms with Crippen LogP contribution >= 0.6 is 0 Å². The molecule has 1 amide bonds.